The van der Waals surface area contributed by atoms with E-state index in [4.69, 9.17) is 11.6 Å². The normalized spacial score (nSPS) is 12.4. The van der Waals surface area contributed by atoms with Crippen molar-refractivity contribution in [1.29, 1.82) is 0 Å². The molecule has 4 heteroatoms. The van der Waals surface area contributed by atoms with Gasteiger partial charge >= 0.3 is 0 Å². The van der Waals surface area contributed by atoms with Gasteiger partial charge in [-0.15, -0.1) is 0 Å². The summed E-state index contributed by atoms with van der Waals surface area (Å²) < 4.78 is 27.6. The summed E-state index contributed by atoms with van der Waals surface area (Å²) in [5.74, 6) is -1.17. The third-order valence-corrected chi connectivity index (χ3v) is 3.75. The van der Waals surface area contributed by atoms with Crippen molar-refractivity contribution in [3.63, 3.8) is 0 Å². The van der Waals surface area contributed by atoms with Gasteiger partial charge in [-0.3, -0.25) is 0 Å². The Kier molecular flexibility index (Phi) is 5.32. The average molecular weight is 310 g/mol. The quantitative estimate of drug-likeness (QED) is 0.785. The second kappa shape index (κ2) is 7.01. The summed E-state index contributed by atoms with van der Waals surface area (Å²) in [5.41, 5.74) is 1.33. The minimum atomic E-state index is -0.587. The Morgan fingerprint density at radius 2 is 1.81 bits per heavy atom. The zero-order chi connectivity index (χ0) is 15.4. The standard InChI is InChI=1S/C17H18ClF2N/c1-3-9-21-11(2)13-8-7-12(10-14(13)18)17-15(19)5-4-6-16(17)20/h4-8,10-11,21H,3,9H2,1-2H3. The van der Waals surface area contributed by atoms with Gasteiger partial charge in [0.2, 0.25) is 0 Å². The molecular weight excluding hydrogens is 292 g/mol. The molecule has 0 heterocycles. The second-order valence-corrected chi connectivity index (χ2v) is 5.42. The molecule has 0 amide bonds. The first-order valence-corrected chi connectivity index (χ1v) is 7.39. The van der Waals surface area contributed by atoms with Crippen LogP contribution in [-0.4, -0.2) is 6.54 Å². The highest BCUT2D eigenvalue weighted by molar-refractivity contribution is 6.31. The lowest BCUT2D eigenvalue weighted by Gasteiger charge is -2.16. The van der Waals surface area contributed by atoms with Crippen molar-refractivity contribution < 1.29 is 8.78 Å². The molecule has 112 valence electrons. The van der Waals surface area contributed by atoms with Gasteiger partial charge in [0.25, 0.3) is 0 Å². The summed E-state index contributed by atoms with van der Waals surface area (Å²) >= 11 is 6.27. The highest BCUT2D eigenvalue weighted by Crippen LogP contribution is 2.31. The van der Waals surface area contributed by atoms with Crippen LogP contribution in [0, 0.1) is 11.6 Å². The lowest BCUT2D eigenvalue weighted by molar-refractivity contribution is 0.571. The molecule has 1 atom stereocenters. The number of nitrogens with one attached hydrogen (secondary N) is 1. The molecule has 2 aromatic carbocycles. The first kappa shape index (κ1) is 15.9. The molecule has 0 aliphatic carbocycles. The van der Waals surface area contributed by atoms with Crippen molar-refractivity contribution in [2.75, 3.05) is 6.54 Å². The first-order chi connectivity index (χ1) is 10.0. The summed E-state index contributed by atoms with van der Waals surface area (Å²) in [5, 5.41) is 3.84. The molecule has 0 radical (unpaired) electrons. The zero-order valence-corrected chi connectivity index (χ0v) is 12.8. The van der Waals surface area contributed by atoms with Gasteiger partial charge in [0.15, 0.2) is 0 Å². The maximum Gasteiger partial charge on any atom is 0.133 e. The topological polar surface area (TPSA) is 12.0 Å². The van der Waals surface area contributed by atoms with Crippen LogP contribution in [0.25, 0.3) is 11.1 Å². The molecule has 0 aliphatic heterocycles. The zero-order valence-electron chi connectivity index (χ0n) is 12.1. The van der Waals surface area contributed by atoms with Gasteiger partial charge < -0.3 is 5.32 Å². The highest BCUT2D eigenvalue weighted by atomic mass is 35.5. The summed E-state index contributed by atoms with van der Waals surface area (Å²) in [4.78, 5) is 0. The van der Waals surface area contributed by atoms with Gasteiger partial charge in [0.05, 0.1) is 5.56 Å². The molecule has 0 bridgehead atoms. The SMILES string of the molecule is CCCNC(C)c1ccc(-c2c(F)cccc2F)cc1Cl. The van der Waals surface area contributed by atoms with E-state index in [1.807, 2.05) is 13.0 Å². The predicted molar refractivity (Wildman–Crippen MR) is 83.5 cm³/mol. The Hall–Kier alpha value is -1.45. The Labute approximate surface area is 128 Å². The maximum absolute atomic E-state index is 13.8. The van der Waals surface area contributed by atoms with Crippen LogP contribution in [0.15, 0.2) is 36.4 Å². The molecular formula is C17H18ClF2N. The monoisotopic (exact) mass is 309 g/mol. The van der Waals surface area contributed by atoms with Gasteiger partial charge in [0.1, 0.15) is 11.6 Å². The third-order valence-electron chi connectivity index (χ3n) is 3.42. The smallest absolute Gasteiger partial charge is 0.133 e. The molecule has 1 unspecified atom stereocenters. The Morgan fingerprint density at radius 1 is 1.14 bits per heavy atom. The summed E-state index contributed by atoms with van der Waals surface area (Å²) in [7, 11) is 0. The molecule has 21 heavy (non-hydrogen) atoms. The van der Waals surface area contributed by atoms with Gasteiger partial charge in [-0.05, 0) is 49.2 Å². The van der Waals surface area contributed by atoms with E-state index >= 15 is 0 Å². The minimum Gasteiger partial charge on any atom is -0.310 e. The van der Waals surface area contributed by atoms with Crippen molar-refractivity contribution in [3.8, 4) is 11.1 Å². The fraction of sp³-hybridized carbons (Fsp3) is 0.294. The number of rotatable bonds is 5. The van der Waals surface area contributed by atoms with E-state index < -0.39 is 11.6 Å². The van der Waals surface area contributed by atoms with Crippen LogP contribution in [0.1, 0.15) is 31.9 Å². The molecule has 0 spiro atoms. The molecule has 1 nitrogen and oxygen atoms in total. The van der Waals surface area contributed by atoms with Crippen LogP contribution in [0.3, 0.4) is 0 Å². The Balaban J connectivity index is 2.35. The van der Waals surface area contributed by atoms with Crippen LogP contribution in [-0.2, 0) is 0 Å². The number of hydrogen-bond acceptors (Lipinski definition) is 1. The minimum absolute atomic E-state index is 0.0416. The second-order valence-electron chi connectivity index (χ2n) is 5.01. The van der Waals surface area contributed by atoms with E-state index in [-0.39, 0.29) is 11.6 Å². The summed E-state index contributed by atoms with van der Waals surface area (Å²) in [6.07, 6.45) is 1.03. The fourth-order valence-corrected chi connectivity index (χ4v) is 2.62. The van der Waals surface area contributed by atoms with Crippen LogP contribution in [0.5, 0.6) is 0 Å². The predicted octanol–water partition coefficient (Wildman–Crippen LogP) is 5.35. The molecule has 0 saturated heterocycles. The number of halogens is 3. The molecule has 2 rings (SSSR count). The van der Waals surface area contributed by atoms with Crippen LogP contribution in [0.2, 0.25) is 5.02 Å². The van der Waals surface area contributed by atoms with Gasteiger partial charge in [-0.2, -0.15) is 0 Å². The lowest BCUT2D eigenvalue weighted by atomic mass is 10.0. The van der Waals surface area contributed by atoms with E-state index in [0.717, 1.165) is 18.5 Å². The van der Waals surface area contributed by atoms with Crippen molar-refractivity contribution in [2.24, 2.45) is 0 Å². The molecule has 0 saturated carbocycles. The van der Waals surface area contributed by atoms with Gasteiger partial charge in [-0.1, -0.05) is 36.7 Å². The highest BCUT2D eigenvalue weighted by Gasteiger charge is 2.14. The first-order valence-electron chi connectivity index (χ1n) is 7.01. The maximum atomic E-state index is 13.8. The molecule has 0 aliphatic rings. The largest absolute Gasteiger partial charge is 0.310 e. The fourth-order valence-electron chi connectivity index (χ4n) is 2.28. The van der Waals surface area contributed by atoms with Crippen LogP contribution >= 0.6 is 11.6 Å². The van der Waals surface area contributed by atoms with Crippen molar-refractivity contribution >= 4 is 11.6 Å². The molecule has 1 N–H and O–H groups in total. The summed E-state index contributed by atoms with van der Waals surface area (Å²) in [6.45, 7) is 4.99. The Morgan fingerprint density at radius 3 is 2.38 bits per heavy atom. The summed E-state index contributed by atoms with van der Waals surface area (Å²) in [6, 6.07) is 9.06. The molecule has 0 aromatic heterocycles. The van der Waals surface area contributed by atoms with Crippen LogP contribution in [0.4, 0.5) is 8.78 Å². The number of hydrogen-bond donors (Lipinski definition) is 1. The lowest BCUT2D eigenvalue weighted by Crippen LogP contribution is -2.19. The number of benzene rings is 2. The van der Waals surface area contributed by atoms with E-state index in [1.54, 1.807) is 12.1 Å². The molecule has 2 aromatic rings. The third kappa shape index (κ3) is 3.60. The van der Waals surface area contributed by atoms with E-state index in [9.17, 15) is 8.78 Å². The van der Waals surface area contributed by atoms with E-state index in [0.29, 0.717) is 10.6 Å². The molecule has 0 fully saturated rings. The van der Waals surface area contributed by atoms with Gasteiger partial charge in [0, 0.05) is 11.1 Å². The van der Waals surface area contributed by atoms with Crippen LogP contribution < -0.4 is 5.32 Å². The van der Waals surface area contributed by atoms with Gasteiger partial charge in [-0.25, -0.2) is 8.78 Å². The Bertz CT molecular complexity index is 608. The van der Waals surface area contributed by atoms with E-state index in [2.05, 4.69) is 12.2 Å². The van der Waals surface area contributed by atoms with Crippen molar-refractivity contribution in [3.05, 3.63) is 58.6 Å². The average Bonchev–Trinajstić information content (AvgIpc) is 2.44. The van der Waals surface area contributed by atoms with Crippen molar-refractivity contribution in [2.45, 2.75) is 26.3 Å². The van der Waals surface area contributed by atoms with Crippen molar-refractivity contribution in [1.82, 2.24) is 5.32 Å². The van der Waals surface area contributed by atoms with E-state index in [1.165, 1.54) is 18.2 Å².